The van der Waals surface area contributed by atoms with E-state index in [-0.39, 0.29) is 49.7 Å². The number of aromatic nitrogens is 2. The van der Waals surface area contributed by atoms with E-state index >= 15 is 0 Å². The first-order chi connectivity index (χ1) is 22.6. The largest absolute Gasteiger partial charge is 0.490 e. The van der Waals surface area contributed by atoms with E-state index < -0.39 is 23.8 Å². The molecule has 1 saturated heterocycles. The van der Waals surface area contributed by atoms with Crippen LogP contribution in [0.25, 0.3) is 11.3 Å². The molecule has 3 aromatic rings. The molecule has 2 aromatic carbocycles. The van der Waals surface area contributed by atoms with Crippen molar-refractivity contribution in [1.29, 1.82) is 0 Å². The molecule has 1 aliphatic carbocycles. The highest BCUT2D eigenvalue weighted by Gasteiger charge is 2.52. The van der Waals surface area contributed by atoms with Crippen LogP contribution in [0.5, 0.6) is 0 Å². The second kappa shape index (κ2) is 15.1. The molecule has 3 atom stereocenters. The standard InChI is InChI=1S/C34H40F3N5O5/c1-24(43)39-17-19-46-22-33(47-32(45)34(35,36)37)15-9-8-14-28(33)42-23-40-29(30(42)26-12-6-3-7-13-26)31(44)41-18-16-38-21-27(41)20-25-10-4-2-5-11-25/h2-7,10-13,23,27-28,38H,8-9,14-22H2,1H3,(H,39,43)/t27-,28+,33+/m1/s1. The maximum absolute atomic E-state index is 14.4. The molecule has 0 spiro atoms. The zero-order valence-corrected chi connectivity index (χ0v) is 26.3. The number of hydrogen-bond acceptors (Lipinski definition) is 7. The molecule has 5 rings (SSSR count). The molecule has 1 aliphatic heterocycles. The van der Waals surface area contributed by atoms with E-state index in [0.717, 1.165) is 5.56 Å². The van der Waals surface area contributed by atoms with E-state index in [1.807, 2.05) is 65.6 Å². The Kier molecular flexibility index (Phi) is 11.0. The van der Waals surface area contributed by atoms with Crippen LogP contribution in [0.15, 0.2) is 67.0 Å². The predicted molar refractivity (Wildman–Crippen MR) is 167 cm³/mol. The molecule has 13 heteroatoms. The van der Waals surface area contributed by atoms with Crippen LogP contribution < -0.4 is 10.6 Å². The van der Waals surface area contributed by atoms with Crippen molar-refractivity contribution in [3.63, 3.8) is 0 Å². The number of imidazole rings is 1. The van der Waals surface area contributed by atoms with Gasteiger partial charge in [-0.3, -0.25) is 9.59 Å². The molecule has 2 fully saturated rings. The Bertz CT molecular complexity index is 1520. The minimum atomic E-state index is -5.22. The molecule has 47 heavy (non-hydrogen) atoms. The van der Waals surface area contributed by atoms with Crippen LogP contribution in [-0.4, -0.2) is 89.4 Å². The zero-order valence-electron chi connectivity index (χ0n) is 26.3. The lowest BCUT2D eigenvalue weighted by Crippen LogP contribution is -2.54. The first-order valence-corrected chi connectivity index (χ1v) is 15.9. The lowest BCUT2D eigenvalue weighted by Gasteiger charge is -2.44. The van der Waals surface area contributed by atoms with Crippen molar-refractivity contribution >= 4 is 17.8 Å². The molecule has 1 aromatic heterocycles. The number of nitrogens with one attached hydrogen (secondary N) is 2. The maximum Gasteiger partial charge on any atom is 0.490 e. The van der Waals surface area contributed by atoms with Gasteiger partial charge >= 0.3 is 12.1 Å². The number of piperazine rings is 1. The third kappa shape index (κ3) is 8.20. The van der Waals surface area contributed by atoms with E-state index in [4.69, 9.17) is 9.47 Å². The van der Waals surface area contributed by atoms with Crippen LogP contribution in [0.3, 0.4) is 0 Å². The molecule has 0 unspecified atom stereocenters. The summed E-state index contributed by atoms with van der Waals surface area (Å²) >= 11 is 0. The highest BCUT2D eigenvalue weighted by atomic mass is 19.4. The fourth-order valence-electron chi connectivity index (χ4n) is 6.56. The summed E-state index contributed by atoms with van der Waals surface area (Å²) < 4.78 is 53.8. The average Bonchev–Trinajstić information content (AvgIpc) is 3.50. The molecular weight excluding hydrogens is 615 g/mol. The van der Waals surface area contributed by atoms with Gasteiger partial charge in [0.05, 0.1) is 31.3 Å². The molecule has 2 amide bonds. The van der Waals surface area contributed by atoms with Crippen molar-refractivity contribution in [3.05, 3.63) is 78.2 Å². The van der Waals surface area contributed by atoms with E-state index in [0.29, 0.717) is 56.6 Å². The van der Waals surface area contributed by atoms with Crippen molar-refractivity contribution < 1.29 is 37.0 Å². The SMILES string of the molecule is CC(=O)NCCOC[C@@]1(OC(=O)C(F)(F)F)CCCC[C@@H]1n1cnc(C(=O)N2CCNC[C@H]2Cc2ccccc2)c1-c1ccccc1. The maximum atomic E-state index is 14.4. The second-order valence-electron chi connectivity index (χ2n) is 12.0. The normalized spacial score (nSPS) is 21.7. The first-order valence-electron chi connectivity index (χ1n) is 15.9. The molecule has 2 aliphatic rings. The quantitative estimate of drug-likeness (QED) is 0.234. The van der Waals surface area contributed by atoms with Crippen molar-refractivity contribution in [2.75, 3.05) is 39.4 Å². The molecule has 252 valence electrons. The van der Waals surface area contributed by atoms with Crippen molar-refractivity contribution in [3.8, 4) is 11.3 Å². The van der Waals surface area contributed by atoms with Gasteiger partial charge in [-0.25, -0.2) is 9.78 Å². The number of hydrogen-bond donors (Lipinski definition) is 2. The van der Waals surface area contributed by atoms with E-state index in [1.165, 1.54) is 13.3 Å². The van der Waals surface area contributed by atoms with Gasteiger partial charge in [-0.1, -0.05) is 67.1 Å². The summed E-state index contributed by atoms with van der Waals surface area (Å²) in [6.45, 7) is 2.79. The van der Waals surface area contributed by atoms with Crippen LogP contribution in [0.4, 0.5) is 13.2 Å². The van der Waals surface area contributed by atoms with Crippen LogP contribution in [0.2, 0.25) is 0 Å². The van der Waals surface area contributed by atoms with Gasteiger partial charge in [-0.2, -0.15) is 13.2 Å². The number of nitrogens with zero attached hydrogens (tertiary/aromatic N) is 3. The van der Waals surface area contributed by atoms with Gasteiger partial charge in [0.15, 0.2) is 11.3 Å². The van der Waals surface area contributed by atoms with Crippen LogP contribution >= 0.6 is 0 Å². The number of carbonyl (C=O) groups excluding carboxylic acids is 3. The topological polar surface area (TPSA) is 115 Å². The Balaban J connectivity index is 1.53. The average molecular weight is 656 g/mol. The van der Waals surface area contributed by atoms with Crippen LogP contribution in [-0.2, 0) is 25.5 Å². The summed E-state index contributed by atoms with van der Waals surface area (Å²) in [5, 5.41) is 5.96. The van der Waals surface area contributed by atoms with Gasteiger partial charge in [-0.15, -0.1) is 0 Å². The summed E-state index contributed by atoms with van der Waals surface area (Å²) in [4.78, 5) is 44.5. The molecule has 2 N–H and O–H groups in total. The number of amides is 2. The van der Waals surface area contributed by atoms with Crippen molar-refractivity contribution in [1.82, 2.24) is 25.1 Å². The van der Waals surface area contributed by atoms with Gasteiger partial charge < -0.3 is 29.6 Å². The number of esters is 1. The molecule has 1 saturated carbocycles. The molecule has 0 bridgehead atoms. The Morgan fingerprint density at radius 2 is 1.79 bits per heavy atom. The smallest absolute Gasteiger partial charge is 0.448 e. The van der Waals surface area contributed by atoms with Gasteiger partial charge in [0.1, 0.15) is 0 Å². The highest BCUT2D eigenvalue weighted by molar-refractivity contribution is 5.98. The van der Waals surface area contributed by atoms with Crippen molar-refractivity contribution in [2.24, 2.45) is 0 Å². The van der Waals surface area contributed by atoms with Crippen LogP contribution in [0, 0.1) is 0 Å². The fourth-order valence-corrected chi connectivity index (χ4v) is 6.56. The van der Waals surface area contributed by atoms with E-state index in [9.17, 15) is 27.6 Å². The number of carbonyl (C=O) groups is 3. The second-order valence-corrected chi connectivity index (χ2v) is 12.0. The molecular formula is C34H40F3N5O5. The van der Waals surface area contributed by atoms with Gasteiger partial charge in [0.2, 0.25) is 5.91 Å². The molecule has 10 nitrogen and oxygen atoms in total. The van der Waals surface area contributed by atoms with E-state index in [2.05, 4.69) is 15.6 Å². The Labute approximate surface area is 271 Å². The monoisotopic (exact) mass is 655 g/mol. The first kappa shape index (κ1) is 34.1. The summed E-state index contributed by atoms with van der Waals surface area (Å²) in [6.07, 6.45) is -1.52. The molecule has 2 heterocycles. The van der Waals surface area contributed by atoms with E-state index in [1.54, 1.807) is 4.57 Å². The number of alkyl halides is 3. The summed E-state index contributed by atoms with van der Waals surface area (Å²) in [7, 11) is 0. The number of ether oxygens (including phenoxy) is 2. The summed E-state index contributed by atoms with van der Waals surface area (Å²) in [5.41, 5.74) is 0.631. The third-order valence-corrected chi connectivity index (χ3v) is 8.73. The zero-order chi connectivity index (χ0) is 33.4. The van der Waals surface area contributed by atoms with Gasteiger partial charge in [0.25, 0.3) is 5.91 Å². The number of rotatable bonds is 11. The Morgan fingerprint density at radius 1 is 1.06 bits per heavy atom. The van der Waals surface area contributed by atoms with Crippen molar-refractivity contribution in [2.45, 2.75) is 62.9 Å². The third-order valence-electron chi connectivity index (χ3n) is 8.73. The van der Waals surface area contributed by atoms with Gasteiger partial charge in [0, 0.05) is 44.7 Å². The minimum absolute atomic E-state index is 0.00260. The minimum Gasteiger partial charge on any atom is -0.448 e. The number of benzene rings is 2. The lowest BCUT2D eigenvalue weighted by atomic mass is 9.80. The summed E-state index contributed by atoms with van der Waals surface area (Å²) in [5.74, 6) is -2.87. The summed E-state index contributed by atoms with van der Waals surface area (Å²) in [6, 6.07) is 18.0. The molecule has 0 radical (unpaired) electrons. The lowest BCUT2D eigenvalue weighted by molar-refractivity contribution is -0.227. The number of halogens is 3. The fraction of sp³-hybridized carbons (Fsp3) is 0.471. The Hall–Kier alpha value is -4.23. The van der Waals surface area contributed by atoms with Crippen LogP contribution in [0.1, 0.15) is 54.7 Å². The van der Waals surface area contributed by atoms with Gasteiger partial charge in [-0.05, 0) is 31.2 Å². The predicted octanol–water partition coefficient (Wildman–Crippen LogP) is 4.32. The Morgan fingerprint density at radius 3 is 2.49 bits per heavy atom. The highest BCUT2D eigenvalue weighted by Crippen LogP contribution is 2.44.